The minimum absolute atomic E-state index is 0.0335. The van der Waals surface area contributed by atoms with Gasteiger partial charge in [0.2, 0.25) is 11.8 Å². The lowest BCUT2D eigenvalue weighted by molar-refractivity contribution is -0.128. The van der Waals surface area contributed by atoms with E-state index in [0.29, 0.717) is 17.8 Å². The number of aromatic nitrogens is 2. The van der Waals surface area contributed by atoms with Crippen LogP contribution in [0.3, 0.4) is 0 Å². The van der Waals surface area contributed by atoms with Gasteiger partial charge in [-0.15, -0.1) is 0 Å². The molecular formula is C21H20N4O2. The molecular weight excluding hydrogens is 340 g/mol. The maximum atomic E-state index is 12.1. The van der Waals surface area contributed by atoms with E-state index in [2.05, 4.69) is 15.3 Å². The van der Waals surface area contributed by atoms with Gasteiger partial charge >= 0.3 is 0 Å². The zero-order valence-electron chi connectivity index (χ0n) is 15.2. The molecule has 1 N–H and O–H groups in total. The number of nitrogens with one attached hydrogen (secondary N) is 1. The number of anilines is 1. The molecule has 6 heteroatoms. The summed E-state index contributed by atoms with van der Waals surface area (Å²) >= 11 is 0. The van der Waals surface area contributed by atoms with Crippen LogP contribution >= 0.6 is 0 Å². The molecule has 0 aliphatic rings. The standard InChI is InChI=1S/C21H20N4O2/c1-25(2)21(27)13-15-7-9-16(10-8-15)24-20(26)12-11-17-14-22-18-5-3-4-6-19(18)23-17/h3-12,14H,13H2,1-2H3,(H,24,26)/b12-11+. The van der Waals surface area contributed by atoms with E-state index in [1.54, 1.807) is 43.4 Å². The van der Waals surface area contributed by atoms with Gasteiger partial charge in [0.15, 0.2) is 0 Å². The Bertz CT molecular complexity index is 994. The highest BCUT2D eigenvalue weighted by molar-refractivity contribution is 6.01. The summed E-state index contributed by atoms with van der Waals surface area (Å²) in [6.07, 6.45) is 5.01. The van der Waals surface area contributed by atoms with Gasteiger partial charge in [-0.05, 0) is 35.9 Å². The van der Waals surface area contributed by atoms with E-state index in [1.165, 1.54) is 6.08 Å². The van der Waals surface area contributed by atoms with Crippen LogP contribution in [0, 0.1) is 0 Å². The van der Waals surface area contributed by atoms with E-state index in [1.807, 2.05) is 36.4 Å². The minimum Gasteiger partial charge on any atom is -0.349 e. The molecule has 3 rings (SSSR count). The lowest BCUT2D eigenvalue weighted by atomic mass is 10.1. The van der Waals surface area contributed by atoms with Gasteiger partial charge in [0.25, 0.3) is 0 Å². The monoisotopic (exact) mass is 360 g/mol. The van der Waals surface area contributed by atoms with E-state index in [9.17, 15) is 9.59 Å². The molecule has 27 heavy (non-hydrogen) atoms. The number of para-hydroxylation sites is 2. The molecule has 136 valence electrons. The second-order valence-electron chi connectivity index (χ2n) is 6.27. The predicted octanol–water partition coefficient (Wildman–Crippen LogP) is 2.91. The molecule has 0 unspecified atom stereocenters. The molecule has 0 aliphatic heterocycles. The SMILES string of the molecule is CN(C)C(=O)Cc1ccc(NC(=O)/C=C/c2cnc3ccccc3n2)cc1. The van der Waals surface area contributed by atoms with Crippen LogP contribution in [0.5, 0.6) is 0 Å². The van der Waals surface area contributed by atoms with Crippen molar-refractivity contribution in [2.75, 3.05) is 19.4 Å². The average Bonchev–Trinajstić information content (AvgIpc) is 2.67. The van der Waals surface area contributed by atoms with E-state index in [4.69, 9.17) is 0 Å². The number of hydrogen-bond acceptors (Lipinski definition) is 4. The molecule has 0 saturated carbocycles. The van der Waals surface area contributed by atoms with Crippen molar-refractivity contribution in [1.82, 2.24) is 14.9 Å². The Balaban J connectivity index is 1.61. The first-order valence-corrected chi connectivity index (χ1v) is 8.51. The smallest absolute Gasteiger partial charge is 0.248 e. The predicted molar refractivity (Wildman–Crippen MR) is 106 cm³/mol. The third-order valence-corrected chi connectivity index (χ3v) is 3.95. The quantitative estimate of drug-likeness (QED) is 0.710. The largest absolute Gasteiger partial charge is 0.349 e. The third-order valence-electron chi connectivity index (χ3n) is 3.95. The number of likely N-dealkylation sites (N-methyl/N-ethyl adjacent to an activating group) is 1. The number of fused-ring (bicyclic) bond motifs is 1. The molecule has 0 fully saturated rings. The van der Waals surface area contributed by atoms with E-state index in [-0.39, 0.29) is 11.8 Å². The number of benzene rings is 2. The number of hydrogen-bond donors (Lipinski definition) is 1. The molecule has 0 radical (unpaired) electrons. The Morgan fingerprint density at radius 2 is 1.74 bits per heavy atom. The highest BCUT2D eigenvalue weighted by Gasteiger charge is 2.06. The molecule has 0 atom stereocenters. The molecule has 0 spiro atoms. The summed E-state index contributed by atoms with van der Waals surface area (Å²) in [6.45, 7) is 0. The number of carbonyl (C=O) groups excluding carboxylic acids is 2. The van der Waals surface area contributed by atoms with Crippen molar-refractivity contribution < 1.29 is 9.59 Å². The summed E-state index contributed by atoms with van der Waals surface area (Å²) in [7, 11) is 3.45. The number of carbonyl (C=O) groups is 2. The summed E-state index contributed by atoms with van der Waals surface area (Å²) < 4.78 is 0. The van der Waals surface area contributed by atoms with Crippen molar-refractivity contribution >= 4 is 34.6 Å². The van der Waals surface area contributed by atoms with Crippen molar-refractivity contribution in [3.8, 4) is 0 Å². The first-order valence-electron chi connectivity index (χ1n) is 8.51. The Hall–Kier alpha value is -3.54. The molecule has 1 aromatic heterocycles. The average molecular weight is 360 g/mol. The first kappa shape index (κ1) is 18.3. The van der Waals surface area contributed by atoms with Crippen LogP contribution in [-0.4, -0.2) is 40.8 Å². The molecule has 6 nitrogen and oxygen atoms in total. The maximum absolute atomic E-state index is 12.1. The van der Waals surface area contributed by atoms with Crippen LogP contribution in [0.2, 0.25) is 0 Å². The fourth-order valence-corrected chi connectivity index (χ4v) is 2.44. The second-order valence-corrected chi connectivity index (χ2v) is 6.27. The van der Waals surface area contributed by atoms with Gasteiger partial charge < -0.3 is 10.2 Å². The molecule has 2 aromatic carbocycles. The van der Waals surface area contributed by atoms with Gasteiger partial charge in [0, 0.05) is 25.9 Å². The Kier molecular flexibility index (Phi) is 5.56. The van der Waals surface area contributed by atoms with Crippen LogP contribution in [0.1, 0.15) is 11.3 Å². The Labute approximate surface area is 157 Å². The second kappa shape index (κ2) is 8.23. The van der Waals surface area contributed by atoms with Crippen molar-refractivity contribution in [3.05, 3.63) is 72.1 Å². The fourth-order valence-electron chi connectivity index (χ4n) is 2.44. The Morgan fingerprint density at radius 1 is 1.04 bits per heavy atom. The molecule has 2 amide bonds. The maximum Gasteiger partial charge on any atom is 0.248 e. The molecule has 0 bridgehead atoms. The highest BCUT2D eigenvalue weighted by Crippen LogP contribution is 2.12. The summed E-state index contributed by atoms with van der Waals surface area (Å²) in [5.41, 5.74) is 3.76. The lowest BCUT2D eigenvalue weighted by Gasteiger charge is -2.10. The van der Waals surface area contributed by atoms with Gasteiger partial charge in [-0.1, -0.05) is 24.3 Å². The van der Waals surface area contributed by atoms with Gasteiger partial charge in [-0.3, -0.25) is 14.6 Å². The van der Waals surface area contributed by atoms with E-state index in [0.717, 1.165) is 16.6 Å². The fraction of sp³-hybridized carbons (Fsp3) is 0.143. The topological polar surface area (TPSA) is 75.2 Å². The number of rotatable bonds is 5. The van der Waals surface area contributed by atoms with Crippen LogP contribution < -0.4 is 5.32 Å². The zero-order valence-corrected chi connectivity index (χ0v) is 15.2. The van der Waals surface area contributed by atoms with Crippen molar-refractivity contribution in [2.45, 2.75) is 6.42 Å². The van der Waals surface area contributed by atoms with Crippen molar-refractivity contribution in [1.29, 1.82) is 0 Å². The summed E-state index contributed by atoms with van der Waals surface area (Å²) in [5.74, 6) is -0.228. The molecule has 0 aliphatic carbocycles. The zero-order chi connectivity index (χ0) is 19.2. The van der Waals surface area contributed by atoms with E-state index < -0.39 is 0 Å². The summed E-state index contributed by atoms with van der Waals surface area (Å²) in [6, 6.07) is 14.8. The first-order chi connectivity index (χ1) is 13.0. The van der Waals surface area contributed by atoms with Crippen LogP contribution in [0.4, 0.5) is 5.69 Å². The van der Waals surface area contributed by atoms with Crippen molar-refractivity contribution in [2.24, 2.45) is 0 Å². The van der Waals surface area contributed by atoms with Crippen LogP contribution in [0.15, 0.2) is 60.8 Å². The minimum atomic E-state index is -0.262. The van der Waals surface area contributed by atoms with Crippen LogP contribution in [0.25, 0.3) is 17.1 Å². The Morgan fingerprint density at radius 3 is 2.44 bits per heavy atom. The number of amides is 2. The number of nitrogens with zero attached hydrogens (tertiary/aromatic N) is 3. The highest BCUT2D eigenvalue weighted by atomic mass is 16.2. The lowest BCUT2D eigenvalue weighted by Crippen LogP contribution is -2.23. The summed E-state index contributed by atoms with van der Waals surface area (Å²) in [5, 5.41) is 2.78. The normalized spacial score (nSPS) is 10.9. The van der Waals surface area contributed by atoms with Gasteiger partial charge in [0.05, 0.1) is 29.3 Å². The van der Waals surface area contributed by atoms with Gasteiger partial charge in [-0.25, -0.2) is 4.98 Å². The van der Waals surface area contributed by atoms with E-state index >= 15 is 0 Å². The van der Waals surface area contributed by atoms with Gasteiger partial charge in [-0.2, -0.15) is 0 Å². The molecule has 1 heterocycles. The molecule has 3 aromatic rings. The molecule has 0 saturated heterocycles. The third kappa shape index (κ3) is 4.98. The summed E-state index contributed by atoms with van der Waals surface area (Å²) in [4.78, 5) is 34.1. The van der Waals surface area contributed by atoms with Crippen molar-refractivity contribution in [3.63, 3.8) is 0 Å². The van der Waals surface area contributed by atoms with Gasteiger partial charge in [0.1, 0.15) is 0 Å². The van der Waals surface area contributed by atoms with Crippen LogP contribution in [-0.2, 0) is 16.0 Å².